The zero-order valence-electron chi connectivity index (χ0n) is 10.6. The van der Waals surface area contributed by atoms with Crippen molar-refractivity contribution >= 4 is 0 Å². The number of hydrogen-bond donors (Lipinski definition) is 1. The number of nitrogens with one attached hydrogen (secondary N) is 1. The first-order valence-corrected chi connectivity index (χ1v) is 5.84. The quantitative estimate of drug-likeness (QED) is 0.797. The van der Waals surface area contributed by atoms with Gasteiger partial charge in [0, 0.05) is 5.54 Å². The molecule has 0 bridgehead atoms. The Bertz CT molecular complexity index is 299. The SMILES string of the molecule is CCC(C)(CC)NC(C)c1occc1C. The van der Waals surface area contributed by atoms with Gasteiger partial charge in [-0.1, -0.05) is 13.8 Å². The Morgan fingerprint density at radius 1 is 1.40 bits per heavy atom. The van der Waals surface area contributed by atoms with E-state index in [0.717, 1.165) is 18.6 Å². The van der Waals surface area contributed by atoms with Crippen LogP contribution in [0.3, 0.4) is 0 Å². The minimum absolute atomic E-state index is 0.207. The van der Waals surface area contributed by atoms with Crippen molar-refractivity contribution in [3.63, 3.8) is 0 Å². The highest BCUT2D eigenvalue weighted by molar-refractivity contribution is 5.18. The average Bonchev–Trinajstić information content (AvgIpc) is 2.64. The molecule has 1 aromatic heterocycles. The van der Waals surface area contributed by atoms with Crippen LogP contribution in [0, 0.1) is 6.92 Å². The van der Waals surface area contributed by atoms with Gasteiger partial charge in [-0.2, -0.15) is 0 Å². The van der Waals surface area contributed by atoms with E-state index in [0.29, 0.717) is 0 Å². The maximum atomic E-state index is 5.50. The molecule has 0 aliphatic rings. The van der Waals surface area contributed by atoms with Gasteiger partial charge in [0.25, 0.3) is 0 Å². The molecule has 15 heavy (non-hydrogen) atoms. The Morgan fingerprint density at radius 2 is 2.00 bits per heavy atom. The summed E-state index contributed by atoms with van der Waals surface area (Å²) in [7, 11) is 0. The van der Waals surface area contributed by atoms with Crippen molar-refractivity contribution in [2.45, 2.75) is 59.0 Å². The van der Waals surface area contributed by atoms with E-state index in [2.05, 4.69) is 39.9 Å². The van der Waals surface area contributed by atoms with Crippen LogP contribution in [0.4, 0.5) is 0 Å². The Kier molecular flexibility index (Phi) is 3.97. The molecule has 0 fully saturated rings. The van der Waals surface area contributed by atoms with Crippen LogP contribution in [0.5, 0.6) is 0 Å². The third kappa shape index (κ3) is 2.85. The highest BCUT2D eigenvalue weighted by Gasteiger charge is 2.23. The number of furan rings is 1. The van der Waals surface area contributed by atoms with E-state index in [1.165, 1.54) is 5.56 Å². The number of rotatable bonds is 5. The summed E-state index contributed by atoms with van der Waals surface area (Å²) in [5.74, 6) is 1.06. The first kappa shape index (κ1) is 12.3. The summed E-state index contributed by atoms with van der Waals surface area (Å²) in [6.45, 7) is 11.0. The fourth-order valence-electron chi connectivity index (χ4n) is 1.87. The normalized spacial score (nSPS) is 14.2. The first-order valence-electron chi connectivity index (χ1n) is 5.84. The van der Waals surface area contributed by atoms with Crippen LogP contribution in [0.2, 0.25) is 0 Å². The van der Waals surface area contributed by atoms with Gasteiger partial charge in [0.15, 0.2) is 0 Å². The second-order valence-corrected chi connectivity index (χ2v) is 4.60. The van der Waals surface area contributed by atoms with E-state index in [-0.39, 0.29) is 11.6 Å². The van der Waals surface area contributed by atoms with Gasteiger partial charge in [0.1, 0.15) is 5.76 Å². The standard InChI is InChI=1S/C13H23NO/c1-6-13(5,7-2)14-11(4)12-10(3)8-9-15-12/h8-9,11,14H,6-7H2,1-5H3. The van der Waals surface area contributed by atoms with Crippen LogP contribution in [0.25, 0.3) is 0 Å². The summed E-state index contributed by atoms with van der Waals surface area (Å²) in [6.07, 6.45) is 4.03. The molecule has 0 aromatic carbocycles. The molecule has 86 valence electrons. The van der Waals surface area contributed by atoms with Gasteiger partial charge in [-0.25, -0.2) is 0 Å². The van der Waals surface area contributed by atoms with E-state index < -0.39 is 0 Å². The van der Waals surface area contributed by atoms with Gasteiger partial charge in [-0.3, -0.25) is 0 Å². The summed E-state index contributed by atoms with van der Waals surface area (Å²) in [5.41, 5.74) is 1.43. The molecule has 0 aliphatic heterocycles. The van der Waals surface area contributed by atoms with E-state index in [1.807, 2.05) is 6.07 Å². The van der Waals surface area contributed by atoms with Gasteiger partial charge in [0.2, 0.25) is 0 Å². The maximum absolute atomic E-state index is 5.50. The van der Waals surface area contributed by atoms with Crippen LogP contribution in [0.15, 0.2) is 16.7 Å². The lowest BCUT2D eigenvalue weighted by molar-refractivity contribution is 0.278. The number of hydrogen-bond acceptors (Lipinski definition) is 2. The molecule has 0 aliphatic carbocycles. The number of aryl methyl sites for hydroxylation is 1. The largest absolute Gasteiger partial charge is 0.467 e. The second-order valence-electron chi connectivity index (χ2n) is 4.60. The molecular weight excluding hydrogens is 186 g/mol. The summed E-state index contributed by atoms with van der Waals surface area (Å²) in [6, 6.07) is 2.30. The zero-order valence-corrected chi connectivity index (χ0v) is 10.6. The molecule has 1 unspecified atom stereocenters. The third-order valence-electron chi connectivity index (χ3n) is 3.42. The lowest BCUT2D eigenvalue weighted by Crippen LogP contribution is -2.42. The van der Waals surface area contributed by atoms with E-state index in [9.17, 15) is 0 Å². The van der Waals surface area contributed by atoms with Gasteiger partial charge >= 0.3 is 0 Å². The average molecular weight is 209 g/mol. The molecule has 0 saturated heterocycles. The summed E-state index contributed by atoms with van der Waals surface area (Å²) >= 11 is 0. The van der Waals surface area contributed by atoms with Crippen LogP contribution in [-0.4, -0.2) is 5.54 Å². The summed E-state index contributed by atoms with van der Waals surface area (Å²) in [4.78, 5) is 0. The van der Waals surface area contributed by atoms with Crippen molar-refractivity contribution in [2.75, 3.05) is 0 Å². The zero-order chi connectivity index (χ0) is 11.5. The Labute approximate surface area is 93.1 Å². The van der Waals surface area contributed by atoms with E-state index in [4.69, 9.17) is 4.42 Å². The van der Waals surface area contributed by atoms with E-state index >= 15 is 0 Å². The highest BCUT2D eigenvalue weighted by Crippen LogP contribution is 2.23. The molecule has 0 saturated carbocycles. The molecule has 1 N–H and O–H groups in total. The Morgan fingerprint density at radius 3 is 2.40 bits per heavy atom. The second kappa shape index (κ2) is 4.84. The van der Waals surface area contributed by atoms with Crippen molar-refractivity contribution in [1.82, 2.24) is 5.32 Å². The molecule has 0 radical (unpaired) electrons. The lowest BCUT2D eigenvalue weighted by Gasteiger charge is -2.31. The van der Waals surface area contributed by atoms with Gasteiger partial charge in [-0.15, -0.1) is 0 Å². The molecule has 0 spiro atoms. The minimum Gasteiger partial charge on any atom is -0.467 e. The molecule has 0 amide bonds. The van der Waals surface area contributed by atoms with E-state index in [1.54, 1.807) is 6.26 Å². The van der Waals surface area contributed by atoms with Gasteiger partial charge < -0.3 is 9.73 Å². The molecule has 1 heterocycles. The van der Waals surface area contributed by atoms with Crippen molar-refractivity contribution in [3.8, 4) is 0 Å². The van der Waals surface area contributed by atoms with Crippen molar-refractivity contribution in [2.24, 2.45) is 0 Å². The highest BCUT2D eigenvalue weighted by atomic mass is 16.3. The van der Waals surface area contributed by atoms with Crippen molar-refractivity contribution < 1.29 is 4.42 Å². The molecule has 1 atom stereocenters. The summed E-state index contributed by atoms with van der Waals surface area (Å²) in [5, 5.41) is 3.64. The van der Waals surface area contributed by atoms with Crippen LogP contribution in [0.1, 0.15) is 57.9 Å². The van der Waals surface area contributed by atoms with Gasteiger partial charge in [0.05, 0.1) is 12.3 Å². The maximum Gasteiger partial charge on any atom is 0.123 e. The predicted molar refractivity (Wildman–Crippen MR) is 64.0 cm³/mol. The Balaban J connectivity index is 2.71. The molecule has 1 aromatic rings. The first-order chi connectivity index (χ1) is 7.02. The predicted octanol–water partition coefficient (Wildman–Crippen LogP) is 3.82. The summed E-state index contributed by atoms with van der Waals surface area (Å²) < 4.78 is 5.50. The third-order valence-corrected chi connectivity index (χ3v) is 3.42. The minimum atomic E-state index is 0.207. The van der Waals surface area contributed by atoms with Crippen molar-refractivity contribution in [3.05, 3.63) is 23.7 Å². The monoisotopic (exact) mass is 209 g/mol. The fraction of sp³-hybridized carbons (Fsp3) is 0.692. The Hall–Kier alpha value is -0.760. The smallest absolute Gasteiger partial charge is 0.123 e. The fourth-order valence-corrected chi connectivity index (χ4v) is 1.87. The van der Waals surface area contributed by atoms with Crippen LogP contribution >= 0.6 is 0 Å². The molecule has 1 rings (SSSR count). The van der Waals surface area contributed by atoms with Gasteiger partial charge in [-0.05, 0) is 45.2 Å². The molecule has 2 heteroatoms. The van der Waals surface area contributed by atoms with Crippen LogP contribution < -0.4 is 5.32 Å². The van der Waals surface area contributed by atoms with Crippen molar-refractivity contribution in [1.29, 1.82) is 0 Å². The van der Waals surface area contributed by atoms with Crippen LogP contribution in [-0.2, 0) is 0 Å². The molecule has 2 nitrogen and oxygen atoms in total. The topological polar surface area (TPSA) is 25.2 Å². The lowest BCUT2D eigenvalue weighted by atomic mass is 9.94. The molecular formula is C13H23NO.